The SMILES string of the molecule is CSc1ccc(C2O[C@@H]3C[C@H]4[C@@H]5CCC6=CC(=O)C=C[C@]6(C)[C@H]5[C@@H](O)C[C@]4(C)[C@]3(C(=O)CO)O2)s1. The second-order valence-electron chi connectivity index (χ2n) is 11.2. The van der Waals surface area contributed by atoms with Gasteiger partial charge in [-0.05, 0) is 68.1 Å². The number of fused-ring (bicyclic) bond motifs is 7. The van der Waals surface area contributed by atoms with Crippen LogP contribution in [0.1, 0.15) is 50.7 Å². The summed E-state index contributed by atoms with van der Waals surface area (Å²) in [5.74, 6) is -0.115. The molecule has 0 amide bonds. The Morgan fingerprint density at radius 3 is 2.83 bits per heavy atom. The Labute approximate surface area is 213 Å². The zero-order valence-electron chi connectivity index (χ0n) is 20.2. The van der Waals surface area contributed by atoms with E-state index in [4.69, 9.17) is 9.47 Å². The molecule has 2 N–H and O–H groups in total. The summed E-state index contributed by atoms with van der Waals surface area (Å²) in [5.41, 5.74) is -1.23. The number of rotatable bonds is 4. The van der Waals surface area contributed by atoms with Gasteiger partial charge in [-0.3, -0.25) is 9.59 Å². The number of aliphatic hydroxyl groups excluding tert-OH is 2. The number of ether oxygens (including phenoxy) is 2. The molecule has 1 aromatic rings. The molecule has 9 atom stereocenters. The Morgan fingerprint density at radius 1 is 1.31 bits per heavy atom. The zero-order chi connectivity index (χ0) is 24.8. The van der Waals surface area contributed by atoms with E-state index in [1.807, 2.05) is 24.5 Å². The molecule has 188 valence electrons. The first kappa shape index (κ1) is 24.1. The molecule has 6 rings (SSSR count). The molecule has 4 fully saturated rings. The molecule has 2 heterocycles. The molecule has 0 aromatic carbocycles. The lowest BCUT2D eigenvalue weighted by atomic mass is 9.46. The molecule has 4 aliphatic carbocycles. The number of carbonyl (C=O) groups excluding carboxylic acids is 2. The maximum Gasteiger partial charge on any atom is 0.194 e. The van der Waals surface area contributed by atoms with E-state index >= 15 is 0 Å². The first-order valence-corrected chi connectivity index (χ1v) is 14.5. The average molecular weight is 517 g/mol. The van der Waals surface area contributed by atoms with Gasteiger partial charge >= 0.3 is 0 Å². The van der Waals surface area contributed by atoms with Gasteiger partial charge in [0.05, 0.1) is 21.3 Å². The molecule has 0 bridgehead atoms. The average Bonchev–Trinajstić information content (AvgIpc) is 3.51. The number of allylic oxidation sites excluding steroid dienone is 4. The highest BCUT2D eigenvalue weighted by atomic mass is 32.2. The molecular weight excluding hydrogens is 484 g/mol. The molecule has 1 saturated heterocycles. The summed E-state index contributed by atoms with van der Waals surface area (Å²) in [6, 6.07) is 4.01. The Balaban J connectivity index is 1.39. The number of aliphatic hydroxyl groups is 2. The number of hydrogen-bond acceptors (Lipinski definition) is 8. The number of hydrogen-bond donors (Lipinski definition) is 2. The van der Waals surface area contributed by atoms with E-state index < -0.39 is 36.1 Å². The van der Waals surface area contributed by atoms with Gasteiger partial charge < -0.3 is 19.7 Å². The molecule has 0 radical (unpaired) electrons. The van der Waals surface area contributed by atoms with Gasteiger partial charge in [0.15, 0.2) is 23.5 Å². The Morgan fingerprint density at radius 2 is 2.11 bits per heavy atom. The summed E-state index contributed by atoms with van der Waals surface area (Å²) in [5, 5.41) is 21.7. The molecule has 8 heteroatoms. The van der Waals surface area contributed by atoms with Crippen molar-refractivity contribution < 1.29 is 29.3 Å². The van der Waals surface area contributed by atoms with Crippen LogP contribution < -0.4 is 0 Å². The lowest BCUT2D eigenvalue weighted by Crippen LogP contribution is -2.63. The zero-order valence-corrected chi connectivity index (χ0v) is 21.9. The highest BCUT2D eigenvalue weighted by molar-refractivity contribution is 8.00. The van der Waals surface area contributed by atoms with Gasteiger partial charge in [0.1, 0.15) is 6.61 Å². The molecule has 0 spiro atoms. The van der Waals surface area contributed by atoms with Crippen molar-refractivity contribution in [3.05, 3.63) is 40.8 Å². The molecular formula is C27H32O6S2. The van der Waals surface area contributed by atoms with Crippen LogP contribution in [0.15, 0.2) is 40.1 Å². The second kappa shape index (κ2) is 8.10. The first-order valence-electron chi connectivity index (χ1n) is 12.4. The van der Waals surface area contributed by atoms with Gasteiger partial charge in [-0.25, -0.2) is 0 Å². The first-order chi connectivity index (χ1) is 16.7. The third kappa shape index (κ3) is 3.10. The van der Waals surface area contributed by atoms with Gasteiger partial charge in [-0.1, -0.05) is 25.5 Å². The fourth-order valence-corrected chi connectivity index (χ4v) is 9.91. The topological polar surface area (TPSA) is 93.1 Å². The molecule has 5 aliphatic rings. The molecule has 1 unspecified atom stereocenters. The number of carbonyl (C=O) groups is 2. The van der Waals surface area contributed by atoms with Crippen molar-refractivity contribution in [2.45, 2.75) is 67.8 Å². The number of thiophene rings is 1. The standard InChI is InChI=1S/C27H32O6S2/c1-25-9-8-15(29)10-14(25)4-5-16-17-11-21-27(20(31)13-28,26(17,2)12-18(30)23(16)25)33-24(32-21)19-6-7-22(34-3)35-19/h6-10,16-18,21,23-24,28,30H,4-5,11-13H2,1-3H3/t16-,17-,18-,21+,23+,24?,25-,26-,27+/m0/s1. The molecule has 6 nitrogen and oxygen atoms in total. The largest absolute Gasteiger partial charge is 0.393 e. The summed E-state index contributed by atoms with van der Waals surface area (Å²) in [7, 11) is 0. The molecule has 3 saturated carbocycles. The maximum atomic E-state index is 13.5. The van der Waals surface area contributed by atoms with Crippen molar-refractivity contribution in [1.29, 1.82) is 0 Å². The normalized spacial score (nSPS) is 46.0. The van der Waals surface area contributed by atoms with Crippen LogP contribution in [0.25, 0.3) is 0 Å². The van der Waals surface area contributed by atoms with E-state index in [0.717, 1.165) is 27.5 Å². The minimum atomic E-state index is -1.29. The Hall–Kier alpha value is -1.29. The van der Waals surface area contributed by atoms with Crippen molar-refractivity contribution in [1.82, 2.24) is 0 Å². The van der Waals surface area contributed by atoms with E-state index in [1.165, 1.54) is 0 Å². The van der Waals surface area contributed by atoms with Crippen LogP contribution in [0.2, 0.25) is 0 Å². The lowest BCUT2D eigenvalue weighted by molar-refractivity contribution is -0.200. The van der Waals surface area contributed by atoms with Crippen LogP contribution in [0, 0.1) is 28.6 Å². The summed E-state index contributed by atoms with van der Waals surface area (Å²) in [6.45, 7) is 3.58. The van der Waals surface area contributed by atoms with Crippen molar-refractivity contribution in [3.8, 4) is 0 Å². The minimum absolute atomic E-state index is 0.0139. The Kier molecular flexibility index (Phi) is 5.57. The van der Waals surface area contributed by atoms with Gasteiger partial charge in [-0.15, -0.1) is 23.1 Å². The van der Waals surface area contributed by atoms with Crippen molar-refractivity contribution in [2.75, 3.05) is 12.9 Å². The number of thioether (sulfide) groups is 1. The van der Waals surface area contributed by atoms with E-state index in [2.05, 4.69) is 13.8 Å². The number of ketones is 2. The highest BCUT2D eigenvalue weighted by Gasteiger charge is 2.75. The highest BCUT2D eigenvalue weighted by Crippen LogP contribution is 2.70. The van der Waals surface area contributed by atoms with Gasteiger partial charge in [0.2, 0.25) is 0 Å². The smallest absolute Gasteiger partial charge is 0.194 e. The van der Waals surface area contributed by atoms with Crippen molar-refractivity contribution >= 4 is 34.7 Å². The van der Waals surface area contributed by atoms with Gasteiger partial charge in [0, 0.05) is 16.7 Å². The van der Waals surface area contributed by atoms with Crippen LogP contribution in [-0.2, 0) is 19.1 Å². The summed E-state index contributed by atoms with van der Waals surface area (Å²) < 4.78 is 14.2. The van der Waals surface area contributed by atoms with E-state index in [9.17, 15) is 19.8 Å². The fourth-order valence-electron chi connectivity index (χ4n) is 8.38. The van der Waals surface area contributed by atoms with Crippen LogP contribution in [0.4, 0.5) is 0 Å². The second-order valence-corrected chi connectivity index (χ2v) is 13.4. The fraction of sp³-hybridized carbons (Fsp3) is 0.630. The van der Waals surface area contributed by atoms with E-state index in [-0.39, 0.29) is 34.7 Å². The van der Waals surface area contributed by atoms with Gasteiger partial charge in [0.25, 0.3) is 0 Å². The van der Waals surface area contributed by atoms with Crippen LogP contribution in [0.5, 0.6) is 0 Å². The van der Waals surface area contributed by atoms with E-state index in [1.54, 1.807) is 35.3 Å². The predicted octanol–water partition coefficient (Wildman–Crippen LogP) is 4.07. The van der Waals surface area contributed by atoms with Crippen LogP contribution in [-0.4, -0.2) is 52.5 Å². The van der Waals surface area contributed by atoms with Crippen molar-refractivity contribution in [2.24, 2.45) is 28.6 Å². The molecule has 1 aromatic heterocycles. The van der Waals surface area contributed by atoms with Gasteiger partial charge in [-0.2, -0.15) is 0 Å². The number of Topliss-reactive ketones (excluding diaryl/α,β-unsaturated/α-hetero) is 1. The predicted molar refractivity (Wildman–Crippen MR) is 133 cm³/mol. The van der Waals surface area contributed by atoms with Crippen LogP contribution >= 0.6 is 23.1 Å². The van der Waals surface area contributed by atoms with Crippen LogP contribution in [0.3, 0.4) is 0 Å². The summed E-state index contributed by atoms with van der Waals surface area (Å²) in [4.78, 5) is 26.5. The Bertz CT molecular complexity index is 1140. The maximum absolute atomic E-state index is 13.5. The molecule has 35 heavy (non-hydrogen) atoms. The molecule has 1 aliphatic heterocycles. The third-order valence-corrected chi connectivity index (χ3v) is 12.0. The van der Waals surface area contributed by atoms with E-state index in [0.29, 0.717) is 12.8 Å². The monoisotopic (exact) mass is 516 g/mol. The summed E-state index contributed by atoms with van der Waals surface area (Å²) >= 11 is 3.25. The minimum Gasteiger partial charge on any atom is -0.393 e. The third-order valence-electron chi connectivity index (χ3n) is 9.83. The summed E-state index contributed by atoms with van der Waals surface area (Å²) in [6.07, 6.45) is 8.30. The van der Waals surface area contributed by atoms with Crippen molar-refractivity contribution in [3.63, 3.8) is 0 Å². The lowest BCUT2D eigenvalue weighted by Gasteiger charge is -2.59. The quantitative estimate of drug-likeness (QED) is 0.583.